The van der Waals surface area contributed by atoms with E-state index in [4.69, 9.17) is 9.47 Å². The summed E-state index contributed by atoms with van der Waals surface area (Å²) in [5.74, 6) is 2.18. The molecule has 0 saturated heterocycles. The molecule has 0 spiro atoms. The maximum Gasteiger partial charge on any atom is 0.258 e. The number of fused-ring (bicyclic) bond motifs is 2. The summed E-state index contributed by atoms with van der Waals surface area (Å²) in [6.45, 7) is 3.12. The summed E-state index contributed by atoms with van der Waals surface area (Å²) in [6.07, 6.45) is 1.81. The lowest BCUT2D eigenvalue weighted by Crippen LogP contribution is -2.15. The fourth-order valence-electron chi connectivity index (χ4n) is 2.60. The van der Waals surface area contributed by atoms with E-state index in [1.807, 2.05) is 43.5 Å². The van der Waals surface area contributed by atoms with Gasteiger partial charge in [0.25, 0.3) is 5.56 Å². The van der Waals surface area contributed by atoms with Crippen molar-refractivity contribution in [3.8, 4) is 11.5 Å². The lowest BCUT2D eigenvalue weighted by molar-refractivity contribution is 0.171. The van der Waals surface area contributed by atoms with Crippen LogP contribution in [0.5, 0.6) is 11.5 Å². The molecule has 3 heterocycles. The lowest BCUT2D eigenvalue weighted by Gasteiger charge is -2.18. The summed E-state index contributed by atoms with van der Waals surface area (Å²) in [6, 6.07) is 11.3. The van der Waals surface area contributed by atoms with Gasteiger partial charge >= 0.3 is 0 Å². The molecule has 0 atom stereocenters. The zero-order valence-corrected chi connectivity index (χ0v) is 14.0. The molecule has 0 unspecified atom stereocenters. The molecule has 122 valence electrons. The molecule has 0 saturated carbocycles. The Kier molecular flexibility index (Phi) is 3.90. The van der Waals surface area contributed by atoms with Crippen molar-refractivity contribution in [1.82, 2.24) is 9.38 Å². The highest BCUT2D eigenvalue weighted by atomic mass is 32.2. The largest absolute Gasteiger partial charge is 0.486 e. The van der Waals surface area contributed by atoms with Gasteiger partial charge in [-0.25, -0.2) is 4.98 Å². The van der Waals surface area contributed by atoms with Crippen molar-refractivity contribution in [2.75, 3.05) is 13.2 Å². The normalized spacial score (nSPS) is 13.2. The van der Waals surface area contributed by atoms with Crippen LogP contribution in [0.1, 0.15) is 11.3 Å². The Morgan fingerprint density at radius 2 is 1.96 bits per heavy atom. The fraction of sp³-hybridized carbons (Fsp3) is 0.222. The third-order valence-corrected chi connectivity index (χ3v) is 4.79. The molecular formula is C18H16N2O3S. The third-order valence-electron chi connectivity index (χ3n) is 3.76. The van der Waals surface area contributed by atoms with E-state index in [1.54, 1.807) is 22.2 Å². The molecule has 0 aliphatic carbocycles. The molecule has 0 N–H and O–H groups in total. The number of ether oxygens (including phenoxy) is 2. The highest BCUT2D eigenvalue weighted by Gasteiger charge is 2.12. The van der Waals surface area contributed by atoms with Gasteiger partial charge in [-0.3, -0.25) is 9.20 Å². The monoisotopic (exact) mass is 340 g/mol. The Balaban J connectivity index is 1.56. The third kappa shape index (κ3) is 2.97. The minimum Gasteiger partial charge on any atom is -0.486 e. The molecule has 0 amide bonds. The Labute approximate surface area is 143 Å². The molecule has 0 radical (unpaired) electrons. The molecule has 0 fully saturated rings. The topological polar surface area (TPSA) is 52.8 Å². The van der Waals surface area contributed by atoms with Gasteiger partial charge < -0.3 is 9.47 Å². The Bertz CT molecular complexity index is 968. The van der Waals surface area contributed by atoms with Crippen LogP contribution in [0.25, 0.3) is 5.65 Å². The molecule has 0 bridgehead atoms. The number of aromatic nitrogens is 2. The van der Waals surface area contributed by atoms with Crippen LogP contribution in [-0.4, -0.2) is 22.6 Å². The van der Waals surface area contributed by atoms with Gasteiger partial charge in [-0.1, -0.05) is 6.07 Å². The van der Waals surface area contributed by atoms with E-state index in [0.717, 1.165) is 27.7 Å². The van der Waals surface area contributed by atoms with Gasteiger partial charge in [0.1, 0.15) is 18.9 Å². The highest BCUT2D eigenvalue weighted by molar-refractivity contribution is 7.98. The minimum atomic E-state index is -0.0542. The number of hydrogen-bond donors (Lipinski definition) is 0. The number of aryl methyl sites for hydroxylation is 1. The van der Waals surface area contributed by atoms with Crippen molar-refractivity contribution in [3.05, 3.63) is 64.2 Å². The van der Waals surface area contributed by atoms with Gasteiger partial charge in [-0.05, 0) is 36.8 Å². The molecular weight excluding hydrogens is 324 g/mol. The van der Waals surface area contributed by atoms with Gasteiger partial charge in [-0.15, -0.1) is 11.8 Å². The maximum absolute atomic E-state index is 12.2. The second kappa shape index (κ2) is 6.20. The van der Waals surface area contributed by atoms with E-state index in [9.17, 15) is 4.79 Å². The van der Waals surface area contributed by atoms with E-state index in [2.05, 4.69) is 4.98 Å². The lowest BCUT2D eigenvalue weighted by atomic mass is 10.3. The summed E-state index contributed by atoms with van der Waals surface area (Å²) >= 11 is 1.62. The number of nitrogens with zero attached hydrogens (tertiary/aromatic N) is 2. The molecule has 3 aromatic rings. The Morgan fingerprint density at radius 3 is 2.83 bits per heavy atom. The highest BCUT2D eigenvalue weighted by Crippen LogP contribution is 2.34. The summed E-state index contributed by atoms with van der Waals surface area (Å²) in [5.41, 5.74) is 2.42. The predicted octanol–water partition coefficient (Wildman–Crippen LogP) is 3.07. The van der Waals surface area contributed by atoms with Crippen molar-refractivity contribution < 1.29 is 9.47 Å². The molecule has 5 nitrogen and oxygen atoms in total. The van der Waals surface area contributed by atoms with Crippen LogP contribution < -0.4 is 15.0 Å². The van der Waals surface area contributed by atoms with Crippen molar-refractivity contribution in [2.45, 2.75) is 17.6 Å². The van der Waals surface area contributed by atoms with Crippen molar-refractivity contribution in [1.29, 1.82) is 0 Å². The first-order chi connectivity index (χ1) is 11.7. The number of benzene rings is 1. The summed E-state index contributed by atoms with van der Waals surface area (Å²) in [7, 11) is 0. The molecule has 4 rings (SSSR count). The van der Waals surface area contributed by atoms with E-state index < -0.39 is 0 Å². The fourth-order valence-corrected chi connectivity index (χ4v) is 3.42. The van der Waals surface area contributed by atoms with E-state index in [0.29, 0.717) is 24.6 Å². The maximum atomic E-state index is 12.2. The van der Waals surface area contributed by atoms with Gasteiger partial charge in [0.2, 0.25) is 0 Å². The molecule has 1 aliphatic heterocycles. The molecule has 1 aromatic carbocycles. The van der Waals surface area contributed by atoms with Crippen molar-refractivity contribution in [2.24, 2.45) is 0 Å². The standard InChI is InChI=1S/C18H16N2O3S/c1-12-2-5-17-19-13(8-18(21)20(17)10-12)11-24-14-3-4-15-16(9-14)23-7-6-22-15/h2-5,8-10H,6-7,11H2,1H3. The summed E-state index contributed by atoms with van der Waals surface area (Å²) < 4.78 is 12.7. The molecule has 1 aliphatic rings. The second-order valence-electron chi connectivity index (χ2n) is 5.61. The van der Waals surface area contributed by atoms with Crippen LogP contribution in [0.2, 0.25) is 0 Å². The van der Waals surface area contributed by atoms with Crippen LogP contribution >= 0.6 is 11.8 Å². The summed E-state index contributed by atoms with van der Waals surface area (Å²) in [5, 5.41) is 0. The SMILES string of the molecule is Cc1ccc2nc(CSc3ccc4c(c3)OCCO4)cc(=O)n2c1. The summed E-state index contributed by atoms with van der Waals surface area (Å²) in [4.78, 5) is 17.9. The first kappa shape index (κ1) is 15.1. The zero-order chi connectivity index (χ0) is 16.5. The van der Waals surface area contributed by atoms with Crippen LogP contribution in [0, 0.1) is 6.92 Å². The van der Waals surface area contributed by atoms with E-state index >= 15 is 0 Å². The first-order valence-electron chi connectivity index (χ1n) is 7.70. The number of pyridine rings is 1. The smallest absolute Gasteiger partial charge is 0.258 e. The Morgan fingerprint density at radius 1 is 1.12 bits per heavy atom. The minimum absolute atomic E-state index is 0.0542. The predicted molar refractivity (Wildman–Crippen MR) is 93.2 cm³/mol. The zero-order valence-electron chi connectivity index (χ0n) is 13.2. The van der Waals surface area contributed by atoms with Crippen molar-refractivity contribution in [3.63, 3.8) is 0 Å². The van der Waals surface area contributed by atoms with Gasteiger partial charge in [0.15, 0.2) is 11.5 Å². The van der Waals surface area contributed by atoms with Gasteiger partial charge in [0.05, 0.1) is 5.69 Å². The average Bonchev–Trinajstić information content (AvgIpc) is 2.60. The van der Waals surface area contributed by atoms with Crippen LogP contribution in [-0.2, 0) is 5.75 Å². The van der Waals surface area contributed by atoms with Crippen LogP contribution in [0.15, 0.2) is 52.3 Å². The quantitative estimate of drug-likeness (QED) is 0.686. The molecule has 6 heteroatoms. The second-order valence-corrected chi connectivity index (χ2v) is 6.66. The van der Waals surface area contributed by atoms with E-state index in [-0.39, 0.29) is 5.56 Å². The number of hydrogen-bond acceptors (Lipinski definition) is 5. The number of rotatable bonds is 3. The van der Waals surface area contributed by atoms with Crippen molar-refractivity contribution >= 4 is 17.4 Å². The molecule has 2 aromatic heterocycles. The molecule has 24 heavy (non-hydrogen) atoms. The van der Waals surface area contributed by atoms with Crippen LogP contribution in [0.4, 0.5) is 0 Å². The average molecular weight is 340 g/mol. The van der Waals surface area contributed by atoms with Crippen LogP contribution in [0.3, 0.4) is 0 Å². The van der Waals surface area contributed by atoms with Gasteiger partial charge in [0, 0.05) is 22.9 Å². The van der Waals surface area contributed by atoms with Gasteiger partial charge in [-0.2, -0.15) is 0 Å². The number of thioether (sulfide) groups is 1. The first-order valence-corrected chi connectivity index (χ1v) is 8.69. The Hall–Kier alpha value is -2.47. The van der Waals surface area contributed by atoms with E-state index in [1.165, 1.54) is 0 Å².